The number of hydrogen-bond acceptors (Lipinski definition) is 2. The number of aromatic nitrogens is 1. The van der Waals surface area contributed by atoms with Crippen LogP contribution in [0.15, 0.2) is 18.3 Å². The van der Waals surface area contributed by atoms with Crippen LogP contribution in [-0.4, -0.2) is 17.4 Å². The number of rotatable bonds is 4. The molecular weight excluding hydrogens is 195 g/mol. The molecule has 0 aromatic carbocycles. The van der Waals surface area contributed by atoms with Gasteiger partial charge in [-0.1, -0.05) is 13.8 Å². The summed E-state index contributed by atoms with van der Waals surface area (Å²) in [6, 6.07) is 2.62. The van der Waals surface area contributed by atoms with Crippen molar-refractivity contribution >= 4 is 5.91 Å². The normalized spacial score (nSPS) is 10.4. The maximum absolute atomic E-state index is 12.7. The number of pyridine rings is 1. The molecule has 0 saturated heterocycles. The smallest absolute Gasteiger partial charge is 0.251 e. The third-order valence-corrected chi connectivity index (χ3v) is 2.00. The fraction of sp³-hybridized carbons (Fsp3) is 0.455. The Morgan fingerprint density at radius 2 is 2.33 bits per heavy atom. The van der Waals surface area contributed by atoms with Gasteiger partial charge in [-0.05, 0) is 18.4 Å². The predicted molar refractivity (Wildman–Crippen MR) is 56.0 cm³/mol. The zero-order chi connectivity index (χ0) is 11.3. The van der Waals surface area contributed by atoms with Gasteiger partial charge in [0, 0.05) is 24.4 Å². The lowest BCUT2D eigenvalue weighted by Crippen LogP contribution is -2.25. The first-order valence-electron chi connectivity index (χ1n) is 4.99. The first-order valence-corrected chi connectivity index (χ1v) is 4.99. The zero-order valence-electron chi connectivity index (χ0n) is 8.96. The first-order chi connectivity index (χ1) is 7.09. The summed E-state index contributed by atoms with van der Waals surface area (Å²) in [5, 5.41) is 2.72. The molecule has 1 heterocycles. The third-order valence-electron chi connectivity index (χ3n) is 2.00. The Bertz CT molecular complexity index is 339. The molecule has 1 aromatic rings. The number of hydrogen-bond donors (Lipinski definition) is 1. The lowest BCUT2D eigenvalue weighted by atomic mass is 10.1. The van der Waals surface area contributed by atoms with E-state index in [0.717, 1.165) is 12.5 Å². The van der Waals surface area contributed by atoms with Gasteiger partial charge in [-0.15, -0.1) is 0 Å². The van der Waals surface area contributed by atoms with Crippen LogP contribution < -0.4 is 5.32 Å². The van der Waals surface area contributed by atoms with Crippen molar-refractivity contribution < 1.29 is 9.18 Å². The van der Waals surface area contributed by atoms with Crippen LogP contribution in [0.2, 0.25) is 0 Å². The number of nitrogens with zero attached hydrogens (tertiary/aromatic N) is 1. The Balaban J connectivity index is 2.47. The standard InChI is InChI=1S/C11H15FN2O/c1-8(2)3-5-14-11(15)9-4-6-13-10(12)7-9/h4,6-8H,3,5H2,1-2H3,(H,14,15). The van der Waals surface area contributed by atoms with E-state index >= 15 is 0 Å². The predicted octanol–water partition coefficient (Wildman–Crippen LogP) is 2.00. The van der Waals surface area contributed by atoms with E-state index in [-0.39, 0.29) is 5.91 Å². The zero-order valence-corrected chi connectivity index (χ0v) is 8.96. The summed E-state index contributed by atoms with van der Waals surface area (Å²) in [5.41, 5.74) is 0.311. The largest absolute Gasteiger partial charge is 0.352 e. The van der Waals surface area contributed by atoms with Crippen molar-refractivity contribution in [3.05, 3.63) is 29.8 Å². The molecule has 0 saturated carbocycles. The molecule has 0 radical (unpaired) electrons. The molecule has 1 rings (SSSR count). The highest BCUT2D eigenvalue weighted by Crippen LogP contribution is 2.01. The van der Waals surface area contributed by atoms with Crippen molar-refractivity contribution in [2.24, 2.45) is 5.92 Å². The van der Waals surface area contributed by atoms with Crippen molar-refractivity contribution in [3.8, 4) is 0 Å². The number of halogens is 1. The molecule has 82 valence electrons. The minimum absolute atomic E-state index is 0.253. The monoisotopic (exact) mass is 210 g/mol. The van der Waals surface area contributed by atoms with E-state index in [9.17, 15) is 9.18 Å². The molecule has 0 unspecified atom stereocenters. The van der Waals surface area contributed by atoms with Crippen LogP contribution in [0.1, 0.15) is 30.6 Å². The Morgan fingerprint density at radius 1 is 1.60 bits per heavy atom. The Hall–Kier alpha value is -1.45. The minimum atomic E-state index is -0.633. The molecule has 0 atom stereocenters. The van der Waals surface area contributed by atoms with E-state index in [0.29, 0.717) is 18.0 Å². The van der Waals surface area contributed by atoms with E-state index in [1.807, 2.05) is 0 Å². The molecule has 1 aromatic heterocycles. The minimum Gasteiger partial charge on any atom is -0.352 e. The summed E-state index contributed by atoms with van der Waals surface area (Å²) in [6.45, 7) is 4.77. The van der Waals surface area contributed by atoms with Crippen molar-refractivity contribution in [1.82, 2.24) is 10.3 Å². The Labute approximate surface area is 88.7 Å². The number of amides is 1. The quantitative estimate of drug-likeness (QED) is 0.772. The van der Waals surface area contributed by atoms with E-state index in [2.05, 4.69) is 24.1 Å². The molecule has 1 N–H and O–H groups in total. The van der Waals surface area contributed by atoms with Gasteiger partial charge in [-0.3, -0.25) is 4.79 Å². The van der Waals surface area contributed by atoms with Gasteiger partial charge >= 0.3 is 0 Å². The van der Waals surface area contributed by atoms with Crippen LogP contribution in [-0.2, 0) is 0 Å². The van der Waals surface area contributed by atoms with Gasteiger partial charge in [0.15, 0.2) is 0 Å². The van der Waals surface area contributed by atoms with Gasteiger partial charge in [0.05, 0.1) is 0 Å². The maximum atomic E-state index is 12.7. The number of nitrogens with one attached hydrogen (secondary N) is 1. The van der Waals surface area contributed by atoms with Crippen LogP contribution in [0.5, 0.6) is 0 Å². The van der Waals surface area contributed by atoms with Crippen molar-refractivity contribution in [3.63, 3.8) is 0 Å². The highest BCUT2D eigenvalue weighted by Gasteiger charge is 2.06. The van der Waals surface area contributed by atoms with Gasteiger partial charge in [0.1, 0.15) is 0 Å². The summed E-state index contributed by atoms with van der Waals surface area (Å²) >= 11 is 0. The van der Waals surface area contributed by atoms with Crippen LogP contribution in [0.4, 0.5) is 4.39 Å². The van der Waals surface area contributed by atoms with E-state index < -0.39 is 5.95 Å². The Morgan fingerprint density at radius 3 is 2.93 bits per heavy atom. The summed E-state index contributed by atoms with van der Waals surface area (Å²) in [5.74, 6) is -0.345. The van der Waals surface area contributed by atoms with Gasteiger partial charge in [-0.25, -0.2) is 4.98 Å². The Kier molecular flexibility index (Phi) is 4.21. The molecule has 0 spiro atoms. The molecule has 0 bridgehead atoms. The molecule has 1 amide bonds. The van der Waals surface area contributed by atoms with Gasteiger partial charge in [0.2, 0.25) is 5.95 Å². The third kappa shape index (κ3) is 4.06. The average Bonchev–Trinajstić information content (AvgIpc) is 2.17. The lowest BCUT2D eigenvalue weighted by molar-refractivity contribution is 0.0951. The second kappa shape index (κ2) is 5.44. The van der Waals surface area contributed by atoms with Crippen molar-refractivity contribution in [2.45, 2.75) is 20.3 Å². The van der Waals surface area contributed by atoms with Crippen LogP contribution in [0.25, 0.3) is 0 Å². The van der Waals surface area contributed by atoms with E-state index in [4.69, 9.17) is 0 Å². The second-order valence-corrected chi connectivity index (χ2v) is 3.81. The summed E-state index contributed by atoms with van der Waals surface area (Å²) < 4.78 is 12.7. The lowest BCUT2D eigenvalue weighted by Gasteiger charge is -2.06. The molecular formula is C11H15FN2O. The SMILES string of the molecule is CC(C)CCNC(=O)c1ccnc(F)c1. The van der Waals surface area contributed by atoms with Crippen LogP contribution in [0, 0.1) is 11.9 Å². The highest BCUT2D eigenvalue weighted by molar-refractivity contribution is 5.93. The van der Waals surface area contributed by atoms with Crippen molar-refractivity contribution in [2.75, 3.05) is 6.54 Å². The second-order valence-electron chi connectivity index (χ2n) is 3.81. The van der Waals surface area contributed by atoms with Crippen molar-refractivity contribution in [1.29, 1.82) is 0 Å². The van der Waals surface area contributed by atoms with Gasteiger partial charge in [0.25, 0.3) is 5.91 Å². The maximum Gasteiger partial charge on any atom is 0.251 e. The molecule has 15 heavy (non-hydrogen) atoms. The van der Waals surface area contributed by atoms with Gasteiger partial charge < -0.3 is 5.32 Å². The summed E-state index contributed by atoms with van der Waals surface area (Å²) in [7, 11) is 0. The highest BCUT2D eigenvalue weighted by atomic mass is 19.1. The fourth-order valence-corrected chi connectivity index (χ4v) is 1.12. The topological polar surface area (TPSA) is 42.0 Å². The number of carbonyl (C=O) groups is 1. The molecule has 0 fully saturated rings. The van der Waals surface area contributed by atoms with Crippen LogP contribution in [0.3, 0.4) is 0 Å². The van der Waals surface area contributed by atoms with E-state index in [1.54, 1.807) is 0 Å². The summed E-state index contributed by atoms with van der Waals surface area (Å²) in [6.07, 6.45) is 2.20. The molecule has 0 aliphatic rings. The first kappa shape index (κ1) is 11.6. The number of carbonyl (C=O) groups excluding carboxylic acids is 1. The van der Waals surface area contributed by atoms with Gasteiger partial charge in [-0.2, -0.15) is 4.39 Å². The molecule has 4 heteroatoms. The molecule has 3 nitrogen and oxygen atoms in total. The molecule has 0 aliphatic carbocycles. The molecule has 0 aliphatic heterocycles. The average molecular weight is 210 g/mol. The van der Waals surface area contributed by atoms with Crippen LogP contribution >= 0.6 is 0 Å². The summed E-state index contributed by atoms with van der Waals surface area (Å²) in [4.78, 5) is 14.9. The fourth-order valence-electron chi connectivity index (χ4n) is 1.12. The van der Waals surface area contributed by atoms with E-state index in [1.165, 1.54) is 12.3 Å².